The van der Waals surface area contributed by atoms with E-state index in [2.05, 4.69) is 10.0 Å². The Morgan fingerprint density at radius 3 is 2.26 bits per heavy atom. The number of rotatable bonds is 7. The van der Waals surface area contributed by atoms with E-state index in [1.165, 1.54) is 24.3 Å². The van der Waals surface area contributed by atoms with Crippen molar-refractivity contribution in [1.29, 1.82) is 0 Å². The molecule has 0 aliphatic heterocycles. The second-order valence-corrected chi connectivity index (χ2v) is 7.83. The van der Waals surface area contributed by atoms with E-state index in [0.29, 0.717) is 5.56 Å². The van der Waals surface area contributed by atoms with Gasteiger partial charge in [-0.25, -0.2) is 17.9 Å². The van der Waals surface area contributed by atoms with Crippen molar-refractivity contribution in [1.82, 2.24) is 10.0 Å². The summed E-state index contributed by atoms with van der Waals surface area (Å²) in [6.45, 7) is 5.58. The molecule has 1 atom stereocenters. The van der Waals surface area contributed by atoms with Crippen LogP contribution >= 0.6 is 0 Å². The van der Waals surface area contributed by atoms with Crippen LogP contribution in [0.3, 0.4) is 0 Å². The average Bonchev–Trinajstić information content (AvgIpc) is 2.62. The SMILES string of the molecule is CCNS(=O)(=O)c1ccc(C(=O)NC(C(=O)O)c2cccc(C)c2C)cc1. The maximum absolute atomic E-state index is 12.5. The van der Waals surface area contributed by atoms with Crippen LogP contribution < -0.4 is 10.0 Å². The lowest BCUT2D eigenvalue weighted by Crippen LogP contribution is -2.34. The third-order valence-corrected chi connectivity index (χ3v) is 5.80. The summed E-state index contributed by atoms with van der Waals surface area (Å²) in [7, 11) is -3.62. The van der Waals surface area contributed by atoms with E-state index in [-0.39, 0.29) is 17.0 Å². The zero-order chi connectivity index (χ0) is 20.2. The maximum atomic E-state index is 12.5. The number of sulfonamides is 1. The number of aliphatic carboxylic acids is 1. The lowest BCUT2D eigenvalue weighted by Gasteiger charge is -2.18. The molecule has 0 bridgehead atoms. The summed E-state index contributed by atoms with van der Waals surface area (Å²) < 4.78 is 26.3. The molecule has 1 unspecified atom stereocenters. The van der Waals surface area contributed by atoms with Crippen LogP contribution in [0.4, 0.5) is 0 Å². The zero-order valence-electron chi connectivity index (χ0n) is 15.3. The van der Waals surface area contributed by atoms with Gasteiger partial charge < -0.3 is 10.4 Å². The number of aryl methyl sites for hydroxylation is 1. The van der Waals surface area contributed by atoms with Crippen LogP contribution in [0.15, 0.2) is 47.4 Å². The third kappa shape index (κ3) is 4.72. The minimum Gasteiger partial charge on any atom is -0.479 e. The molecule has 3 N–H and O–H groups in total. The molecule has 0 saturated heterocycles. The van der Waals surface area contributed by atoms with Crippen LogP contribution in [0.25, 0.3) is 0 Å². The number of carboxylic acids is 1. The molecule has 0 fully saturated rings. The lowest BCUT2D eigenvalue weighted by molar-refractivity contribution is -0.139. The first-order chi connectivity index (χ1) is 12.7. The van der Waals surface area contributed by atoms with Gasteiger partial charge in [0.05, 0.1) is 4.90 Å². The van der Waals surface area contributed by atoms with Crippen molar-refractivity contribution in [3.63, 3.8) is 0 Å². The summed E-state index contributed by atoms with van der Waals surface area (Å²) in [6, 6.07) is 9.36. The molecule has 0 spiro atoms. The number of benzene rings is 2. The maximum Gasteiger partial charge on any atom is 0.330 e. The first-order valence-electron chi connectivity index (χ1n) is 8.37. The number of hydrogen-bond donors (Lipinski definition) is 3. The molecule has 0 aliphatic rings. The van der Waals surface area contributed by atoms with Gasteiger partial charge in [0.25, 0.3) is 5.91 Å². The Bertz CT molecular complexity index is 953. The fourth-order valence-corrected chi connectivity index (χ4v) is 3.67. The first kappa shape index (κ1) is 20.6. The van der Waals surface area contributed by atoms with Crippen LogP contribution in [-0.4, -0.2) is 31.9 Å². The van der Waals surface area contributed by atoms with Crippen LogP contribution in [-0.2, 0) is 14.8 Å². The molecule has 0 aromatic heterocycles. The predicted octanol–water partition coefficient (Wildman–Crippen LogP) is 2.16. The van der Waals surface area contributed by atoms with Gasteiger partial charge in [0.15, 0.2) is 6.04 Å². The highest BCUT2D eigenvalue weighted by atomic mass is 32.2. The number of hydrogen-bond acceptors (Lipinski definition) is 4. The highest BCUT2D eigenvalue weighted by molar-refractivity contribution is 7.89. The fraction of sp³-hybridized carbons (Fsp3) is 0.263. The van der Waals surface area contributed by atoms with E-state index in [0.717, 1.165) is 11.1 Å². The highest BCUT2D eigenvalue weighted by Crippen LogP contribution is 2.21. The topological polar surface area (TPSA) is 113 Å². The van der Waals surface area contributed by atoms with Crippen molar-refractivity contribution in [2.75, 3.05) is 6.54 Å². The predicted molar refractivity (Wildman–Crippen MR) is 101 cm³/mol. The van der Waals surface area contributed by atoms with E-state index < -0.39 is 27.9 Å². The molecular formula is C19H22N2O5S. The van der Waals surface area contributed by atoms with Gasteiger partial charge >= 0.3 is 5.97 Å². The normalized spacial score (nSPS) is 12.4. The van der Waals surface area contributed by atoms with Crippen molar-refractivity contribution in [3.05, 3.63) is 64.7 Å². The second kappa shape index (κ2) is 8.32. The van der Waals surface area contributed by atoms with Gasteiger partial charge in [-0.3, -0.25) is 4.79 Å². The van der Waals surface area contributed by atoms with Gasteiger partial charge in [0.2, 0.25) is 10.0 Å². The fourth-order valence-electron chi connectivity index (χ4n) is 2.63. The van der Waals surface area contributed by atoms with E-state index in [4.69, 9.17) is 0 Å². The van der Waals surface area contributed by atoms with Crippen molar-refractivity contribution < 1.29 is 23.1 Å². The van der Waals surface area contributed by atoms with E-state index >= 15 is 0 Å². The van der Waals surface area contributed by atoms with Crippen molar-refractivity contribution >= 4 is 21.9 Å². The Morgan fingerprint density at radius 2 is 1.70 bits per heavy atom. The molecule has 0 aliphatic carbocycles. The molecule has 0 radical (unpaired) electrons. The standard InChI is InChI=1S/C19H22N2O5S/c1-4-20-27(25,26)15-10-8-14(9-11-15)18(22)21-17(19(23)24)16-7-5-6-12(2)13(16)3/h5-11,17,20H,4H2,1-3H3,(H,21,22)(H,23,24). The van der Waals surface area contributed by atoms with Crippen molar-refractivity contribution in [2.45, 2.75) is 31.7 Å². The zero-order valence-corrected chi connectivity index (χ0v) is 16.1. The van der Waals surface area contributed by atoms with E-state index in [9.17, 15) is 23.1 Å². The number of carbonyl (C=O) groups is 2. The van der Waals surface area contributed by atoms with Crippen LogP contribution in [0.5, 0.6) is 0 Å². The number of carbonyl (C=O) groups excluding carboxylic acids is 1. The first-order valence-corrected chi connectivity index (χ1v) is 9.85. The van der Waals surface area contributed by atoms with Gasteiger partial charge in [-0.2, -0.15) is 0 Å². The quantitative estimate of drug-likeness (QED) is 0.671. The summed E-state index contributed by atoms with van der Waals surface area (Å²) in [5.74, 6) is -1.78. The number of nitrogens with one attached hydrogen (secondary N) is 2. The van der Waals surface area contributed by atoms with Gasteiger partial charge in [-0.15, -0.1) is 0 Å². The Kier molecular flexibility index (Phi) is 6.35. The molecule has 7 nitrogen and oxygen atoms in total. The van der Waals surface area contributed by atoms with Crippen LogP contribution in [0.2, 0.25) is 0 Å². The Hall–Kier alpha value is -2.71. The molecule has 2 rings (SSSR count). The minimum atomic E-state index is -3.62. The van der Waals surface area contributed by atoms with Crippen LogP contribution in [0, 0.1) is 13.8 Å². The summed E-state index contributed by atoms with van der Waals surface area (Å²) in [5, 5.41) is 12.0. The molecule has 1 amide bonds. The molecule has 2 aromatic rings. The van der Waals surface area contributed by atoms with Gasteiger partial charge in [0.1, 0.15) is 0 Å². The highest BCUT2D eigenvalue weighted by Gasteiger charge is 2.25. The van der Waals surface area contributed by atoms with Crippen molar-refractivity contribution in [3.8, 4) is 0 Å². The second-order valence-electron chi connectivity index (χ2n) is 6.06. The van der Waals surface area contributed by atoms with Gasteiger partial charge in [-0.05, 0) is 54.8 Å². The Balaban J connectivity index is 2.26. The lowest BCUT2D eigenvalue weighted by atomic mass is 9.97. The number of carboxylic acid groups (broad SMARTS) is 1. The summed E-state index contributed by atoms with van der Waals surface area (Å²) in [5.41, 5.74) is 2.38. The van der Waals surface area contributed by atoms with Gasteiger partial charge in [-0.1, -0.05) is 25.1 Å². The van der Waals surface area contributed by atoms with Gasteiger partial charge in [0, 0.05) is 12.1 Å². The summed E-state index contributed by atoms with van der Waals surface area (Å²) >= 11 is 0. The smallest absolute Gasteiger partial charge is 0.330 e. The van der Waals surface area contributed by atoms with Crippen molar-refractivity contribution in [2.24, 2.45) is 0 Å². The Morgan fingerprint density at radius 1 is 1.07 bits per heavy atom. The summed E-state index contributed by atoms with van der Waals surface area (Å²) in [6.07, 6.45) is 0. The van der Waals surface area contributed by atoms with E-state index in [1.54, 1.807) is 26.0 Å². The molecular weight excluding hydrogens is 368 g/mol. The molecule has 0 heterocycles. The average molecular weight is 390 g/mol. The van der Waals surface area contributed by atoms with E-state index in [1.807, 2.05) is 13.0 Å². The molecule has 0 saturated carbocycles. The largest absolute Gasteiger partial charge is 0.479 e. The molecule has 2 aromatic carbocycles. The third-order valence-electron chi connectivity index (χ3n) is 4.24. The number of amides is 1. The molecule has 8 heteroatoms. The summed E-state index contributed by atoms with van der Waals surface area (Å²) in [4.78, 5) is 24.2. The van der Waals surface area contributed by atoms with Crippen LogP contribution in [0.1, 0.15) is 40.0 Å². The monoisotopic (exact) mass is 390 g/mol. The Labute approximate surface area is 158 Å². The minimum absolute atomic E-state index is 0.0326. The molecule has 144 valence electrons. The molecule has 27 heavy (non-hydrogen) atoms.